The second-order valence-corrected chi connectivity index (χ2v) is 6.02. The average Bonchev–Trinajstić information content (AvgIpc) is 2.85. The Labute approximate surface area is 131 Å². The van der Waals surface area contributed by atoms with Crippen LogP contribution in [0.25, 0.3) is 10.9 Å². The molecule has 0 atom stereocenters. The van der Waals surface area contributed by atoms with Gasteiger partial charge in [-0.1, -0.05) is 15.9 Å². The lowest BCUT2D eigenvalue weighted by Gasteiger charge is -2.07. The molecule has 0 saturated carbocycles. The molecule has 1 aromatic heterocycles. The lowest BCUT2D eigenvalue weighted by atomic mass is 10.2. The molecule has 2 aromatic carbocycles. The van der Waals surface area contributed by atoms with E-state index < -0.39 is 0 Å². The molecule has 4 nitrogen and oxygen atoms in total. The standard InChI is InChI=1S/C14H9Br2N3O/c15-9-2-4-11(12(16)5-9)14(20)18-10-3-1-8-7-17-19-13(8)6-10/h1-7H,(H,17,19)(H,18,20). The summed E-state index contributed by atoms with van der Waals surface area (Å²) in [6, 6.07) is 11.0. The van der Waals surface area contributed by atoms with E-state index in [2.05, 4.69) is 47.4 Å². The second kappa shape index (κ2) is 5.38. The van der Waals surface area contributed by atoms with Crippen LogP contribution in [0.5, 0.6) is 0 Å². The Balaban J connectivity index is 1.87. The summed E-state index contributed by atoms with van der Waals surface area (Å²) in [5.74, 6) is -0.164. The number of aromatic amines is 1. The van der Waals surface area contributed by atoms with Crippen molar-refractivity contribution >= 4 is 54.4 Å². The van der Waals surface area contributed by atoms with E-state index >= 15 is 0 Å². The van der Waals surface area contributed by atoms with Gasteiger partial charge in [0, 0.05) is 20.0 Å². The van der Waals surface area contributed by atoms with Crippen molar-refractivity contribution in [2.45, 2.75) is 0 Å². The molecule has 1 amide bonds. The molecular formula is C14H9Br2N3O. The molecule has 0 unspecified atom stereocenters. The number of rotatable bonds is 2. The van der Waals surface area contributed by atoms with Gasteiger partial charge in [0.1, 0.15) is 0 Å². The van der Waals surface area contributed by atoms with Gasteiger partial charge < -0.3 is 5.32 Å². The summed E-state index contributed by atoms with van der Waals surface area (Å²) < 4.78 is 1.66. The Hall–Kier alpha value is -1.66. The molecule has 20 heavy (non-hydrogen) atoms. The Morgan fingerprint density at radius 1 is 1.15 bits per heavy atom. The van der Waals surface area contributed by atoms with Crippen LogP contribution < -0.4 is 5.32 Å². The fraction of sp³-hybridized carbons (Fsp3) is 0. The van der Waals surface area contributed by atoms with Crippen LogP contribution in [0, 0.1) is 0 Å². The molecule has 3 aromatic rings. The number of amides is 1. The van der Waals surface area contributed by atoms with E-state index in [4.69, 9.17) is 0 Å². The number of nitrogens with one attached hydrogen (secondary N) is 2. The Morgan fingerprint density at radius 3 is 2.80 bits per heavy atom. The van der Waals surface area contributed by atoms with Crippen molar-refractivity contribution in [1.82, 2.24) is 10.2 Å². The molecule has 100 valence electrons. The number of H-pyrrole nitrogens is 1. The fourth-order valence-corrected chi connectivity index (χ4v) is 3.11. The first-order valence-electron chi connectivity index (χ1n) is 5.83. The molecule has 0 aliphatic rings. The number of carbonyl (C=O) groups excluding carboxylic acids is 1. The van der Waals surface area contributed by atoms with E-state index in [1.807, 2.05) is 30.3 Å². The number of hydrogen-bond donors (Lipinski definition) is 2. The van der Waals surface area contributed by atoms with Gasteiger partial charge in [-0.2, -0.15) is 5.10 Å². The third kappa shape index (κ3) is 2.62. The Morgan fingerprint density at radius 2 is 2.00 bits per heavy atom. The molecule has 0 spiro atoms. The zero-order valence-electron chi connectivity index (χ0n) is 10.2. The highest BCUT2D eigenvalue weighted by Crippen LogP contribution is 2.23. The zero-order chi connectivity index (χ0) is 14.1. The summed E-state index contributed by atoms with van der Waals surface area (Å²) in [6.07, 6.45) is 1.74. The van der Waals surface area contributed by atoms with Gasteiger partial charge in [0.05, 0.1) is 17.3 Å². The molecule has 0 aliphatic carbocycles. The van der Waals surface area contributed by atoms with Gasteiger partial charge in [-0.15, -0.1) is 0 Å². The summed E-state index contributed by atoms with van der Waals surface area (Å²) in [7, 11) is 0. The zero-order valence-corrected chi connectivity index (χ0v) is 13.3. The highest BCUT2D eigenvalue weighted by atomic mass is 79.9. The van der Waals surface area contributed by atoms with Gasteiger partial charge in [-0.25, -0.2) is 0 Å². The lowest BCUT2D eigenvalue weighted by Crippen LogP contribution is -2.12. The van der Waals surface area contributed by atoms with Crippen molar-refractivity contribution in [1.29, 1.82) is 0 Å². The third-order valence-corrected chi connectivity index (χ3v) is 4.02. The summed E-state index contributed by atoms with van der Waals surface area (Å²) in [5, 5.41) is 10.7. The van der Waals surface area contributed by atoms with E-state index in [-0.39, 0.29) is 5.91 Å². The Bertz CT molecular complexity index is 798. The van der Waals surface area contributed by atoms with Crippen molar-refractivity contribution in [2.75, 3.05) is 5.32 Å². The molecule has 1 heterocycles. The van der Waals surface area contributed by atoms with Gasteiger partial charge in [-0.3, -0.25) is 9.89 Å². The van der Waals surface area contributed by atoms with Crippen molar-refractivity contribution in [3.05, 3.63) is 57.1 Å². The molecular weight excluding hydrogens is 386 g/mol. The van der Waals surface area contributed by atoms with Crippen LogP contribution >= 0.6 is 31.9 Å². The number of halogens is 2. The summed E-state index contributed by atoms with van der Waals surface area (Å²) >= 11 is 6.75. The Kier molecular flexibility index (Phi) is 3.58. The van der Waals surface area contributed by atoms with Gasteiger partial charge in [0.15, 0.2) is 0 Å². The maximum atomic E-state index is 12.2. The van der Waals surface area contributed by atoms with Crippen LogP contribution in [0.4, 0.5) is 5.69 Å². The quantitative estimate of drug-likeness (QED) is 0.679. The predicted molar refractivity (Wildman–Crippen MR) is 85.9 cm³/mol. The second-order valence-electron chi connectivity index (χ2n) is 4.25. The summed E-state index contributed by atoms with van der Waals surface area (Å²) in [5.41, 5.74) is 2.19. The average molecular weight is 395 g/mol. The van der Waals surface area contributed by atoms with Gasteiger partial charge in [0.2, 0.25) is 0 Å². The predicted octanol–water partition coefficient (Wildman–Crippen LogP) is 4.34. The van der Waals surface area contributed by atoms with Gasteiger partial charge >= 0.3 is 0 Å². The van der Waals surface area contributed by atoms with Crippen LogP contribution in [-0.4, -0.2) is 16.1 Å². The number of benzene rings is 2. The molecule has 0 saturated heterocycles. The highest BCUT2D eigenvalue weighted by molar-refractivity contribution is 9.11. The number of aromatic nitrogens is 2. The third-order valence-electron chi connectivity index (χ3n) is 2.88. The first kappa shape index (κ1) is 13.3. The molecule has 6 heteroatoms. The smallest absolute Gasteiger partial charge is 0.256 e. The van der Waals surface area contributed by atoms with Crippen molar-refractivity contribution in [2.24, 2.45) is 0 Å². The van der Waals surface area contributed by atoms with Crippen molar-refractivity contribution in [3.63, 3.8) is 0 Å². The van der Waals surface area contributed by atoms with Crippen molar-refractivity contribution < 1.29 is 4.79 Å². The lowest BCUT2D eigenvalue weighted by molar-refractivity contribution is 0.102. The van der Waals surface area contributed by atoms with E-state index in [1.54, 1.807) is 12.3 Å². The number of hydrogen-bond acceptors (Lipinski definition) is 2. The topological polar surface area (TPSA) is 57.8 Å². The largest absolute Gasteiger partial charge is 0.322 e. The SMILES string of the molecule is O=C(Nc1ccc2cn[nH]c2c1)c1ccc(Br)cc1Br. The van der Waals surface area contributed by atoms with Crippen LogP contribution in [0.1, 0.15) is 10.4 Å². The minimum atomic E-state index is -0.164. The van der Waals surface area contributed by atoms with E-state index in [0.29, 0.717) is 5.56 Å². The first-order valence-corrected chi connectivity index (χ1v) is 7.41. The van der Waals surface area contributed by atoms with E-state index in [1.165, 1.54) is 0 Å². The minimum Gasteiger partial charge on any atom is -0.322 e. The maximum absolute atomic E-state index is 12.2. The molecule has 0 aliphatic heterocycles. The molecule has 0 radical (unpaired) electrons. The summed E-state index contributed by atoms with van der Waals surface area (Å²) in [4.78, 5) is 12.2. The number of fused-ring (bicyclic) bond motifs is 1. The fourth-order valence-electron chi connectivity index (χ4n) is 1.89. The van der Waals surface area contributed by atoms with Crippen LogP contribution in [0.2, 0.25) is 0 Å². The maximum Gasteiger partial charge on any atom is 0.256 e. The van der Waals surface area contributed by atoms with Gasteiger partial charge in [0.25, 0.3) is 5.91 Å². The van der Waals surface area contributed by atoms with Gasteiger partial charge in [-0.05, 0) is 52.3 Å². The highest BCUT2D eigenvalue weighted by Gasteiger charge is 2.11. The van der Waals surface area contributed by atoms with E-state index in [9.17, 15) is 4.79 Å². The number of anilines is 1. The van der Waals surface area contributed by atoms with Crippen LogP contribution in [0.3, 0.4) is 0 Å². The number of carbonyl (C=O) groups is 1. The summed E-state index contributed by atoms with van der Waals surface area (Å²) in [6.45, 7) is 0. The normalized spacial score (nSPS) is 10.7. The van der Waals surface area contributed by atoms with E-state index in [0.717, 1.165) is 25.5 Å². The number of nitrogens with zero attached hydrogens (tertiary/aromatic N) is 1. The van der Waals surface area contributed by atoms with Crippen LogP contribution in [0.15, 0.2) is 51.5 Å². The minimum absolute atomic E-state index is 0.164. The molecule has 0 bridgehead atoms. The molecule has 3 rings (SSSR count). The van der Waals surface area contributed by atoms with Crippen LogP contribution in [-0.2, 0) is 0 Å². The molecule has 0 fully saturated rings. The first-order chi connectivity index (χ1) is 9.63. The molecule has 2 N–H and O–H groups in total. The van der Waals surface area contributed by atoms with Crippen molar-refractivity contribution in [3.8, 4) is 0 Å². The monoisotopic (exact) mass is 393 g/mol.